The molecule has 0 bridgehead atoms. The van der Waals surface area contributed by atoms with Gasteiger partial charge in [0, 0.05) is 13.1 Å². The normalized spacial score (nSPS) is 13.4. The number of likely N-dealkylation sites (N-methyl/N-ethyl adjacent to an activating group) is 1. The summed E-state index contributed by atoms with van der Waals surface area (Å²) < 4.78 is 10.6. The highest BCUT2D eigenvalue weighted by molar-refractivity contribution is 6.32. The van der Waals surface area contributed by atoms with Crippen molar-refractivity contribution in [2.24, 2.45) is 0 Å². The van der Waals surface area contributed by atoms with Crippen molar-refractivity contribution in [2.75, 3.05) is 26.5 Å². The fourth-order valence-corrected chi connectivity index (χ4v) is 2.15. The number of hydrogen-bond acceptors (Lipinski definition) is 4. The quantitative estimate of drug-likeness (QED) is 0.875. The smallest absolute Gasteiger partial charge is 0.231 e. The van der Waals surface area contributed by atoms with Crippen LogP contribution in [0.2, 0.25) is 5.02 Å². The van der Waals surface area contributed by atoms with Gasteiger partial charge in [-0.1, -0.05) is 18.5 Å². The molecule has 1 aromatic rings. The maximum Gasteiger partial charge on any atom is 0.231 e. The van der Waals surface area contributed by atoms with Crippen molar-refractivity contribution >= 4 is 11.6 Å². The van der Waals surface area contributed by atoms with Gasteiger partial charge in [-0.2, -0.15) is 0 Å². The van der Waals surface area contributed by atoms with Gasteiger partial charge in [0.1, 0.15) is 0 Å². The van der Waals surface area contributed by atoms with Crippen molar-refractivity contribution in [3.05, 3.63) is 22.7 Å². The Bertz CT molecular complexity index is 398. The standard InChI is InChI=1S/C12H16ClNO3/c1-2-14(3-4-15)7-9-5-10(13)12-11(6-9)16-8-17-12/h5-6,15H,2-4,7-8H2,1H3. The van der Waals surface area contributed by atoms with Crippen molar-refractivity contribution in [2.45, 2.75) is 13.5 Å². The number of nitrogens with zero attached hydrogens (tertiary/aromatic N) is 1. The molecule has 0 unspecified atom stereocenters. The van der Waals surface area contributed by atoms with Crippen molar-refractivity contribution in [3.8, 4) is 11.5 Å². The van der Waals surface area contributed by atoms with E-state index in [1.54, 1.807) is 0 Å². The molecule has 0 radical (unpaired) electrons. The molecule has 2 rings (SSSR count). The van der Waals surface area contributed by atoms with Gasteiger partial charge in [0.15, 0.2) is 11.5 Å². The third-order valence-electron chi connectivity index (χ3n) is 2.76. The van der Waals surface area contributed by atoms with Crippen LogP contribution < -0.4 is 9.47 Å². The Morgan fingerprint density at radius 2 is 2.24 bits per heavy atom. The van der Waals surface area contributed by atoms with Gasteiger partial charge >= 0.3 is 0 Å². The second kappa shape index (κ2) is 5.58. The molecule has 1 aliphatic heterocycles. The lowest BCUT2D eigenvalue weighted by Gasteiger charge is -2.19. The number of ether oxygens (including phenoxy) is 2. The average Bonchev–Trinajstić information content (AvgIpc) is 2.77. The summed E-state index contributed by atoms with van der Waals surface area (Å²) in [4.78, 5) is 2.13. The molecule has 0 fully saturated rings. The predicted molar refractivity (Wildman–Crippen MR) is 65.6 cm³/mol. The topological polar surface area (TPSA) is 41.9 Å². The van der Waals surface area contributed by atoms with Gasteiger partial charge in [0.25, 0.3) is 0 Å². The molecule has 1 aliphatic rings. The zero-order valence-electron chi connectivity index (χ0n) is 9.78. The van der Waals surface area contributed by atoms with Gasteiger partial charge in [-0.3, -0.25) is 4.90 Å². The Balaban J connectivity index is 2.14. The summed E-state index contributed by atoms with van der Waals surface area (Å²) in [7, 11) is 0. The first-order valence-electron chi connectivity index (χ1n) is 5.65. The van der Waals surface area contributed by atoms with Crippen LogP contribution >= 0.6 is 11.6 Å². The summed E-state index contributed by atoms with van der Waals surface area (Å²) in [5.41, 5.74) is 1.06. The zero-order chi connectivity index (χ0) is 12.3. The summed E-state index contributed by atoms with van der Waals surface area (Å²) in [6.45, 7) is 4.73. The lowest BCUT2D eigenvalue weighted by atomic mass is 10.2. The van der Waals surface area contributed by atoms with Gasteiger partial charge in [-0.05, 0) is 24.2 Å². The summed E-state index contributed by atoms with van der Waals surface area (Å²) in [5.74, 6) is 1.33. The molecule has 0 spiro atoms. The molecule has 1 heterocycles. The van der Waals surface area contributed by atoms with E-state index in [4.69, 9.17) is 26.2 Å². The predicted octanol–water partition coefficient (Wildman–Crippen LogP) is 1.88. The van der Waals surface area contributed by atoms with Crippen LogP contribution in [0, 0.1) is 0 Å². The number of halogens is 1. The van der Waals surface area contributed by atoms with Crippen LogP contribution in [0.1, 0.15) is 12.5 Å². The largest absolute Gasteiger partial charge is 0.454 e. The second-order valence-corrected chi connectivity index (χ2v) is 4.31. The Kier molecular flexibility index (Phi) is 4.10. The van der Waals surface area contributed by atoms with E-state index in [0.29, 0.717) is 23.1 Å². The SMILES string of the molecule is CCN(CCO)Cc1cc(Cl)c2c(c1)OCO2. The minimum absolute atomic E-state index is 0.159. The Morgan fingerprint density at radius 1 is 1.41 bits per heavy atom. The van der Waals surface area contributed by atoms with Crippen molar-refractivity contribution in [3.63, 3.8) is 0 Å². The third kappa shape index (κ3) is 2.83. The number of aliphatic hydroxyl groups is 1. The molecule has 94 valence electrons. The van der Waals surface area contributed by atoms with E-state index in [9.17, 15) is 0 Å². The second-order valence-electron chi connectivity index (χ2n) is 3.90. The summed E-state index contributed by atoms with van der Waals surface area (Å²) >= 11 is 6.11. The molecule has 0 saturated heterocycles. The van der Waals surface area contributed by atoms with Crippen LogP contribution in [0.3, 0.4) is 0 Å². The summed E-state index contributed by atoms with van der Waals surface area (Å²) in [5, 5.41) is 9.52. The van der Waals surface area contributed by atoms with E-state index < -0.39 is 0 Å². The lowest BCUT2D eigenvalue weighted by Crippen LogP contribution is -2.26. The van der Waals surface area contributed by atoms with Crippen LogP contribution in [-0.2, 0) is 6.54 Å². The average molecular weight is 258 g/mol. The van der Waals surface area contributed by atoms with Gasteiger partial charge in [0.2, 0.25) is 6.79 Å². The molecular weight excluding hydrogens is 242 g/mol. The molecule has 4 nitrogen and oxygen atoms in total. The highest BCUT2D eigenvalue weighted by atomic mass is 35.5. The first-order valence-corrected chi connectivity index (χ1v) is 6.03. The first kappa shape index (κ1) is 12.5. The van der Waals surface area contributed by atoms with E-state index in [1.807, 2.05) is 12.1 Å². The Labute approximate surface area is 106 Å². The Hall–Kier alpha value is -0.970. The fourth-order valence-electron chi connectivity index (χ4n) is 1.86. The van der Waals surface area contributed by atoms with Crippen LogP contribution in [0.4, 0.5) is 0 Å². The molecule has 0 amide bonds. The molecule has 5 heteroatoms. The molecular formula is C12H16ClNO3. The molecule has 0 aromatic heterocycles. The van der Waals surface area contributed by atoms with E-state index >= 15 is 0 Å². The summed E-state index contributed by atoms with van der Waals surface area (Å²) in [6, 6.07) is 3.82. The van der Waals surface area contributed by atoms with E-state index in [2.05, 4.69) is 11.8 Å². The maximum atomic E-state index is 8.94. The van der Waals surface area contributed by atoms with E-state index in [1.165, 1.54) is 0 Å². The molecule has 0 aliphatic carbocycles. The van der Waals surface area contributed by atoms with Crippen molar-refractivity contribution in [1.29, 1.82) is 0 Å². The van der Waals surface area contributed by atoms with E-state index in [-0.39, 0.29) is 13.4 Å². The maximum absolute atomic E-state index is 8.94. The number of rotatable bonds is 5. The monoisotopic (exact) mass is 257 g/mol. The molecule has 17 heavy (non-hydrogen) atoms. The lowest BCUT2D eigenvalue weighted by molar-refractivity contribution is 0.174. The van der Waals surface area contributed by atoms with Crippen LogP contribution in [0.15, 0.2) is 12.1 Å². The van der Waals surface area contributed by atoms with Gasteiger partial charge in [-0.15, -0.1) is 0 Å². The van der Waals surface area contributed by atoms with Crippen LogP contribution in [0.5, 0.6) is 11.5 Å². The molecule has 1 N–H and O–H groups in total. The highest BCUT2D eigenvalue weighted by Gasteiger charge is 2.18. The number of fused-ring (bicyclic) bond motifs is 1. The highest BCUT2D eigenvalue weighted by Crippen LogP contribution is 2.39. The molecule has 0 saturated carbocycles. The minimum Gasteiger partial charge on any atom is -0.454 e. The number of benzene rings is 1. The minimum atomic E-state index is 0.159. The fraction of sp³-hybridized carbons (Fsp3) is 0.500. The van der Waals surface area contributed by atoms with Crippen molar-refractivity contribution in [1.82, 2.24) is 4.90 Å². The van der Waals surface area contributed by atoms with Crippen LogP contribution in [-0.4, -0.2) is 36.5 Å². The van der Waals surface area contributed by atoms with Gasteiger partial charge in [-0.25, -0.2) is 0 Å². The van der Waals surface area contributed by atoms with Crippen molar-refractivity contribution < 1.29 is 14.6 Å². The van der Waals surface area contributed by atoms with Gasteiger partial charge in [0.05, 0.1) is 11.6 Å². The molecule has 0 atom stereocenters. The van der Waals surface area contributed by atoms with E-state index in [0.717, 1.165) is 18.7 Å². The number of hydrogen-bond donors (Lipinski definition) is 1. The van der Waals surface area contributed by atoms with Gasteiger partial charge < -0.3 is 14.6 Å². The number of aliphatic hydroxyl groups excluding tert-OH is 1. The van der Waals surface area contributed by atoms with Crippen LogP contribution in [0.25, 0.3) is 0 Å². The third-order valence-corrected chi connectivity index (χ3v) is 3.04. The Morgan fingerprint density at radius 3 is 2.94 bits per heavy atom. The summed E-state index contributed by atoms with van der Waals surface area (Å²) in [6.07, 6.45) is 0. The first-order chi connectivity index (χ1) is 8.24. The molecule has 1 aromatic carbocycles. The zero-order valence-corrected chi connectivity index (χ0v) is 10.5.